The molecule has 0 saturated carbocycles. The van der Waals surface area contributed by atoms with Crippen LogP contribution >= 0.6 is 0 Å². The van der Waals surface area contributed by atoms with Gasteiger partial charge in [0.2, 0.25) is 5.91 Å². The second-order valence-corrected chi connectivity index (χ2v) is 7.33. The molecule has 0 radical (unpaired) electrons. The Morgan fingerprint density at radius 1 is 1.11 bits per heavy atom. The highest BCUT2D eigenvalue weighted by Crippen LogP contribution is 2.37. The molecule has 0 bridgehead atoms. The summed E-state index contributed by atoms with van der Waals surface area (Å²) in [5, 5.41) is 0. The number of amides is 1. The lowest BCUT2D eigenvalue weighted by molar-refractivity contribution is -0.142. The van der Waals surface area contributed by atoms with Crippen LogP contribution < -0.4 is 0 Å². The second-order valence-electron chi connectivity index (χ2n) is 7.33. The van der Waals surface area contributed by atoms with Crippen LogP contribution in [0.1, 0.15) is 57.1 Å². The van der Waals surface area contributed by atoms with E-state index in [1.807, 2.05) is 56.9 Å². The minimum Gasteiger partial charge on any atom is -0.469 e. The van der Waals surface area contributed by atoms with E-state index >= 15 is 0 Å². The summed E-state index contributed by atoms with van der Waals surface area (Å²) in [5.74, 6) is -1.36. The molecule has 1 heterocycles. The van der Waals surface area contributed by atoms with E-state index in [-0.39, 0.29) is 30.4 Å². The number of nitrogens with zero attached hydrogens (tertiary/aromatic N) is 2. The van der Waals surface area contributed by atoms with Crippen molar-refractivity contribution in [2.24, 2.45) is 0 Å². The van der Waals surface area contributed by atoms with Gasteiger partial charge in [-0.2, -0.15) is 0 Å². The van der Waals surface area contributed by atoms with E-state index in [2.05, 4.69) is 17.1 Å². The minimum atomic E-state index is -0.557. The zero-order valence-corrected chi connectivity index (χ0v) is 17.2. The standard InChI is InChI=1S/C23H28N2O3/c1-16(2)25(17(3)4)23(27)22(19-11-13-24-14-12-19)20(15-21(26)28-5)18-9-7-6-8-10-18/h6-7,9,11-14,16-17,20,22H,15H2,1-5H3. The first-order valence-electron chi connectivity index (χ1n) is 9.54. The Kier molecular flexibility index (Phi) is 7.57. The molecule has 1 amide bonds. The lowest BCUT2D eigenvalue weighted by atomic mass is 9.78. The number of methoxy groups -OCH3 is 1. The van der Waals surface area contributed by atoms with Gasteiger partial charge >= 0.3 is 5.97 Å². The summed E-state index contributed by atoms with van der Waals surface area (Å²) in [6.45, 7) is 8.00. The van der Waals surface area contributed by atoms with E-state index in [0.29, 0.717) is 0 Å². The quantitative estimate of drug-likeness (QED) is 0.654. The Labute approximate surface area is 167 Å². The van der Waals surface area contributed by atoms with Crippen molar-refractivity contribution in [2.45, 2.75) is 58.0 Å². The highest BCUT2D eigenvalue weighted by molar-refractivity contribution is 5.86. The van der Waals surface area contributed by atoms with Crippen molar-refractivity contribution in [3.8, 4) is 0 Å². The van der Waals surface area contributed by atoms with Gasteiger partial charge in [0, 0.05) is 36.0 Å². The Morgan fingerprint density at radius 3 is 2.25 bits per heavy atom. The van der Waals surface area contributed by atoms with Gasteiger partial charge in [-0.25, -0.2) is 0 Å². The number of ether oxygens (including phenoxy) is 1. The third-order valence-electron chi connectivity index (χ3n) is 4.79. The van der Waals surface area contributed by atoms with E-state index in [1.54, 1.807) is 18.5 Å². The monoisotopic (exact) mass is 380 g/mol. The van der Waals surface area contributed by atoms with Gasteiger partial charge in [-0.05, 0) is 57.5 Å². The van der Waals surface area contributed by atoms with E-state index < -0.39 is 11.8 Å². The van der Waals surface area contributed by atoms with Crippen LogP contribution in [0.15, 0.2) is 42.7 Å². The third kappa shape index (κ3) is 5.10. The molecule has 0 aliphatic heterocycles. The molecule has 1 aromatic heterocycles. The van der Waals surface area contributed by atoms with Gasteiger partial charge in [0.05, 0.1) is 19.4 Å². The number of aromatic nitrogens is 1. The third-order valence-corrected chi connectivity index (χ3v) is 4.79. The number of hydrogen-bond donors (Lipinski definition) is 0. The molecule has 5 nitrogen and oxygen atoms in total. The largest absolute Gasteiger partial charge is 0.469 e. The predicted octanol–water partition coefficient (Wildman–Crippen LogP) is 3.76. The van der Waals surface area contributed by atoms with Gasteiger partial charge in [-0.15, -0.1) is 0 Å². The molecule has 0 aliphatic rings. The average molecular weight is 380 g/mol. The SMILES string of the molecule is COC(=O)CC(c1c#cccc1)C(C(=O)N(C(C)C)C(C)C)c1ccncc1. The molecule has 28 heavy (non-hydrogen) atoms. The number of pyridine rings is 1. The summed E-state index contributed by atoms with van der Waals surface area (Å²) in [5.41, 5.74) is 1.58. The molecule has 0 fully saturated rings. The molecule has 5 heteroatoms. The number of esters is 1. The molecule has 2 unspecified atom stereocenters. The molecular weight excluding hydrogens is 352 g/mol. The van der Waals surface area contributed by atoms with Crippen LogP contribution in [0.3, 0.4) is 0 Å². The van der Waals surface area contributed by atoms with Gasteiger partial charge in [-0.1, -0.05) is 18.2 Å². The van der Waals surface area contributed by atoms with Crippen molar-refractivity contribution in [3.05, 3.63) is 66.0 Å². The number of carbonyl (C=O) groups excluding carboxylic acids is 2. The highest BCUT2D eigenvalue weighted by atomic mass is 16.5. The van der Waals surface area contributed by atoms with Gasteiger partial charge in [0.1, 0.15) is 0 Å². The van der Waals surface area contributed by atoms with Gasteiger partial charge < -0.3 is 9.64 Å². The maximum Gasteiger partial charge on any atom is 0.306 e. The number of rotatable bonds is 8. The molecule has 0 N–H and O–H groups in total. The maximum atomic E-state index is 13.7. The zero-order valence-electron chi connectivity index (χ0n) is 17.2. The number of hydrogen-bond acceptors (Lipinski definition) is 4. The summed E-state index contributed by atoms with van der Waals surface area (Å²) in [4.78, 5) is 31.9. The molecule has 2 rings (SSSR count). The summed E-state index contributed by atoms with van der Waals surface area (Å²) in [6.07, 6.45) is 3.41. The van der Waals surface area contributed by atoms with Crippen molar-refractivity contribution in [2.75, 3.05) is 7.11 Å². The molecule has 148 valence electrons. The Morgan fingerprint density at radius 2 is 1.75 bits per heavy atom. The van der Waals surface area contributed by atoms with Crippen LogP contribution in [0.25, 0.3) is 0 Å². The molecule has 0 saturated heterocycles. The molecule has 0 spiro atoms. The summed E-state index contributed by atoms with van der Waals surface area (Å²) in [6, 6.07) is 15.2. The Hall–Kier alpha value is -2.87. The fraction of sp³-hybridized carbons (Fsp3) is 0.435. The Balaban J connectivity index is 2.59. The van der Waals surface area contributed by atoms with Crippen molar-refractivity contribution in [1.29, 1.82) is 0 Å². The van der Waals surface area contributed by atoms with Crippen LogP contribution in [0, 0.1) is 12.1 Å². The fourth-order valence-electron chi connectivity index (χ4n) is 3.64. The van der Waals surface area contributed by atoms with Crippen molar-refractivity contribution in [1.82, 2.24) is 9.88 Å². The van der Waals surface area contributed by atoms with Gasteiger partial charge in [0.15, 0.2) is 0 Å². The molecule has 0 aliphatic carbocycles. The number of carbonyl (C=O) groups is 2. The van der Waals surface area contributed by atoms with E-state index in [9.17, 15) is 9.59 Å². The van der Waals surface area contributed by atoms with Crippen molar-refractivity contribution in [3.63, 3.8) is 0 Å². The van der Waals surface area contributed by atoms with E-state index in [4.69, 9.17) is 4.74 Å². The topological polar surface area (TPSA) is 59.5 Å². The Bertz CT molecular complexity index is 752. The molecule has 2 aromatic rings. The van der Waals surface area contributed by atoms with E-state index in [1.165, 1.54) is 7.11 Å². The van der Waals surface area contributed by atoms with Crippen molar-refractivity contribution >= 4 is 11.9 Å². The summed E-state index contributed by atoms with van der Waals surface area (Å²) >= 11 is 0. The normalized spacial score (nSPS) is 13.0. The maximum absolute atomic E-state index is 13.7. The average Bonchev–Trinajstić information content (AvgIpc) is 2.68. The first-order chi connectivity index (χ1) is 13.4. The van der Waals surface area contributed by atoms with Gasteiger partial charge in [0.25, 0.3) is 0 Å². The summed E-state index contributed by atoms with van der Waals surface area (Å²) < 4.78 is 4.92. The molecule has 1 aromatic carbocycles. The van der Waals surface area contributed by atoms with Crippen LogP contribution in [-0.2, 0) is 14.3 Å². The second kappa shape index (κ2) is 9.89. The fourth-order valence-corrected chi connectivity index (χ4v) is 3.64. The van der Waals surface area contributed by atoms with Crippen LogP contribution in [-0.4, -0.2) is 41.0 Å². The summed E-state index contributed by atoms with van der Waals surface area (Å²) in [7, 11) is 1.36. The lowest BCUT2D eigenvalue weighted by Gasteiger charge is -2.36. The van der Waals surface area contributed by atoms with Crippen molar-refractivity contribution < 1.29 is 14.3 Å². The zero-order chi connectivity index (χ0) is 20.7. The predicted molar refractivity (Wildman–Crippen MR) is 108 cm³/mol. The first-order valence-corrected chi connectivity index (χ1v) is 9.54. The highest BCUT2D eigenvalue weighted by Gasteiger charge is 2.37. The molecule has 2 atom stereocenters. The smallest absolute Gasteiger partial charge is 0.306 e. The van der Waals surface area contributed by atoms with Crippen LogP contribution in [0.4, 0.5) is 0 Å². The van der Waals surface area contributed by atoms with E-state index in [0.717, 1.165) is 11.1 Å². The van der Waals surface area contributed by atoms with Crippen LogP contribution in [0.2, 0.25) is 0 Å². The van der Waals surface area contributed by atoms with Crippen LogP contribution in [0.5, 0.6) is 0 Å². The van der Waals surface area contributed by atoms with Gasteiger partial charge in [-0.3, -0.25) is 14.6 Å². The lowest BCUT2D eigenvalue weighted by Crippen LogP contribution is -2.46. The molecular formula is C23H28N2O3. The first kappa shape index (κ1) is 21.4. The minimum absolute atomic E-state index is 0.0256.